The van der Waals surface area contributed by atoms with Gasteiger partial charge in [0, 0.05) is 13.0 Å². The van der Waals surface area contributed by atoms with Gasteiger partial charge in [0.2, 0.25) is 0 Å². The van der Waals surface area contributed by atoms with Crippen LogP contribution in [0.3, 0.4) is 0 Å². The molecular formula is C8H13NO. The first-order valence-electron chi connectivity index (χ1n) is 3.56. The Morgan fingerprint density at radius 2 is 2.50 bits per heavy atom. The highest BCUT2D eigenvalue weighted by molar-refractivity contribution is 5.27. The smallest absolute Gasteiger partial charge is 0.137 e. The fourth-order valence-corrected chi connectivity index (χ4v) is 1.05. The Hall–Kier alpha value is -0.920. The average Bonchev–Trinajstić information content (AvgIpc) is 2.36. The van der Waals surface area contributed by atoms with Crippen LogP contribution in [0, 0.1) is 0 Å². The highest BCUT2D eigenvalue weighted by atomic mass is 16.5. The van der Waals surface area contributed by atoms with Gasteiger partial charge in [0.05, 0.1) is 12.8 Å². The standard InChI is InChI=1S/C8H13NO/c1-3-9-7-5-4-6-8(7)10-2/h4,6,9H,3,5H2,1-2H3. The van der Waals surface area contributed by atoms with Gasteiger partial charge in [-0.3, -0.25) is 0 Å². The molecule has 2 nitrogen and oxygen atoms in total. The van der Waals surface area contributed by atoms with E-state index in [0.717, 1.165) is 18.7 Å². The summed E-state index contributed by atoms with van der Waals surface area (Å²) >= 11 is 0. The second-order valence-electron chi connectivity index (χ2n) is 2.18. The van der Waals surface area contributed by atoms with Crippen molar-refractivity contribution in [1.29, 1.82) is 0 Å². The highest BCUT2D eigenvalue weighted by Gasteiger charge is 2.06. The van der Waals surface area contributed by atoms with Gasteiger partial charge in [0.1, 0.15) is 5.76 Å². The molecule has 0 amide bonds. The molecule has 1 aliphatic rings. The quantitative estimate of drug-likeness (QED) is 0.638. The maximum Gasteiger partial charge on any atom is 0.137 e. The molecule has 1 aliphatic carbocycles. The van der Waals surface area contributed by atoms with Crippen LogP contribution in [-0.2, 0) is 4.74 Å². The van der Waals surface area contributed by atoms with Crippen LogP contribution in [0.1, 0.15) is 13.3 Å². The van der Waals surface area contributed by atoms with Gasteiger partial charge in [-0.25, -0.2) is 0 Å². The summed E-state index contributed by atoms with van der Waals surface area (Å²) in [7, 11) is 1.70. The maximum atomic E-state index is 5.11. The van der Waals surface area contributed by atoms with E-state index in [4.69, 9.17) is 4.74 Å². The zero-order chi connectivity index (χ0) is 7.40. The molecule has 0 bridgehead atoms. The van der Waals surface area contributed by atoms with Crippen molar-refractivity contribution in [2.75, 3.05) is 13.7 Å². The normalized spacial score (nSPS) is 16.2. The van der Waals surface area contributed by atoms with Crippen molar-refractivity contribution in [3.8, 4) is 0 Å². The monoisotopic (exact) mass is 139 g/mol. The Bertz CT molecular complexity index is 170. The van der Waals surface area contributed by atoms with E-state index in [1.807, 2.05) is 6.08 Å². The fourth-order valence-electron chi connectivity index (χ4n) is 1.05. The van der Waals surface area contributed by atoms with Crippen molar-refractivity contribution in [3.05, 3.63) is 23.6 Å². The molecule has 0 radical (unpaired) electrons. The van der Waals surface area contributed by atoms with Crippen molar-refractivity contribution in [2.24, 2.45) is 0 Å². The molecule has 10 heavy (non-hydrogen) atoms. The Labute approximate surface area is 61.6 Å². The molecule has 0 saturated heterocycles. The summed E-state index contributed by atoms with van der Waals surface area (Å²) in [5.74, 6) is 0.974. The summed E-state index contributed by atoms with van der Waals surface area (Å²) in [6.07, 6.45) is 5.08. The summed E-state index contributed by atoms with van der Waals surface area (Å²) in [6, 6.07) is 0. The SMILES string of the molecule is CCNC1=C(OC)C=CC1. The molecule has 0 aromatic rings. The second kappa shape index (κ2) is 3.30. The van der Waals surface area contributed by atoms with Crippen molar-refractivity contribution in [1.82, 2.24) is 5.32 Å². The van der Waals surface area contributed by atoms with Gasteiger partial charge in [0.15, 0.2) is 0 Å². The summed E-state index contributed by atoms with van der Waals surface area (Å²) in [6.45, 7) is 3.04. The van der Waals surface area contributed by atoms with Crippen LogP contribution in [0.15, 0.2) is 23.6 Å². The van der Waals surface area contributed by atoms with E-state index in [-0.39, 0.29) is 0 Å². The lowest BCUT2D eigenvalue weighted by atomic mass is 10.3. The first-order chi connectivity index (χ1) is 4.88. The predicted octanol–water partition coefficient (Wildman–Crippen LogP) is 1.41. The molecule has 0 spiro atoms. The number of ether oxygens (including phenoxy) is 1. The van der Waals surface area contributed by atoms with Crippen molar-refractivity contribution < 1.29 is 4.74 Å². The van der Waals surface area contributed by atoms with Crippen LogP contribution in [-0.4, -0.2) is 13.7 Å². The number of methoxy groups -OCH3 is 1. The van der Waals surface area contributed by atoms with E-state index in [0.29, 0.717) is 0 Å². The molecule has 0 fully saturated rings. The van der Waals surface area contributed by atoms with Crippen molar-refractivity contribution in [3.63, 3.8) is 0 Å². The van der Waals surface area contributed by atoms with Gasteiger partial charge in [-0.15, -0.1) is 0 Å². The molecule has 0 atom stereocenters. The van der Waals surface area contributed by atoms with E-state index in [2.05, 4.69) is 18.3 Å². The van der Waals surface area contributed by atoms with E-state index in [1.165, 1.54) is 5.70 Å². The van der Waals surface area contributed by atoms with Crippen LogP contribution in [0.2, 0.25) is 0 Å². The molecule has 0 unspecified atom stereocenters. The number of rotatable bonds is 3. The summed E-state index contributed by atoms with van der Waals surface area (Å²) in [5.41, 5.74) is 1.20. The van der Waals surface area contributed by atoms with Gasteiger partial charge < -0.3 is 10.1 Å². The van der Waals surface area contributed by atoms with E-state index >= 15 is 0 Å². The molecule has 0 aliphatic heterocycles. The third-order valence-electron chi connectivity index (χ3n) is 1.50. The van der Waals surface area contributed by atoms with Crippen LogP contribution in [0.4, 0.5) is 0 Å². The van der Waals surface area contributed by atoms with Crippen LogP contribution < -0.4 is 5.32 Å². The van der Waals surface area contributed by atoms with Gasteiger partial charge >= 0.3 is 0 Å². The predicted molar refractivity (Wildman–Crippen MR) is 41.5 cm³/mol. The second-order valence-corrected chi connectivity index (χ2v) is 2.18. The van der Waals surface area contributed by atoms with Gasteiger partial charge in [0.25, 0.3) is 0 Å². The highest BCUT2D eigenvalue weighted by Crippen LogP contribution is 2.15. The van der Waals surface area contributed by atoms with Crippen molar-refractivity contribution >= 4 is 0 Å². The molecule has 0 aromatic heterocycles. The van der Waals surface area contributed by atoms with Gasteiger partial charge in [-0.2, -0.15) is 0 Å². The number of allylic oxidation sites excluding steroid dienone is 2. The molecule has 0 heterocycles. The van der Waals surface area contributed by atoms with E-state index in [9.17, 15) is 0 Å². The average molecular weight is 139 g/mol. The number of nitrogens with one attached hydrogen (secondary N) is 1. The number of hydrogen-bond donors (Lipinski definition) is 1. The first-order valence-corrected chi connectivity index (χ1v) is 3.56. The minimum absolute atomic E-state index is 0.962. The maximum absolute atomic E-state index is 5.11. The van der Waals surface area contributed by atoms with Gasteiger partial charge in [-0.1, -0.05) is 6.08 Å². The molecule has 2 heteroatoms. The van der Waals surface area contributed by atoms with Crippen LogP contribution >= 0.6 is 0 Å². The Morgan fingerprint density at radius 1 is 1.70 bits per heavy atom. The summed E-state index contributed by atoms with van der Waals surface area (Å²) in [5, 5.41) is 3.24. The molecule has 1 N–H and O–H groups in total. The molecular weight excluding hydrogens is 126 g/mol. The minimum Gasteiger partial charge on any atom is -0.495 e. The third kappa shape index (κ3) is 1.32. The lowest BCUT2D eigenvalue weighted by molar-refractivity contribution is 0.301. The zero-order valence-electron chi connectivity index (χ0n) is 6.48. The summed E-state index contributed by atoms with van der Waals surface area (Å²) < 4.78 is 5.11. The Kier molecular flexibility index (Phi) is 2.37. The fraction of sp³-hybridized carbons (Fsp3) is 0.500. The lowest BCUT2D eigenvalue weighted by Crippen LogP contribution is -2.12. The minimum atomic E-state index is 0.962. The Morgan fingerprint density at radius 3 is 3.10 bits per heavy atom. The molecule has 56 valence electrons. The topological polar surface area (TPSA) is 21.3 Å². The van der Waals surface area contributed by atoms with Crippen LogP contribution in [0.5, 0.6) is 0 Å². The molecule has 0 aromatic carbocycles. The third-order valence-corrected chi connectivity index (χ3v) is 1.50. The zero-order valence-corrected chi connectivity index (χ0v) is 6.48. The van der Waals surface area contributed by atoms with Crippen LogP contribution in [0.25, 0.3) is 0 Å². The lowest BCUT2D eigenvalue weighted by Gasteiger charge is -2.06. The summed E-state index contributed by atoms with van der Waals surface area (Å²) in [4.78, 5) is 0. The van der Waals surface area contributed by atoms with E-state index in [1.54, 1.807) is 7.11 Å². The molecule has 1 rings (SSSR count). The first kappa shape index (κ1) is 7.19. The molecule has 0 saturated carbocycles. The van der Waals surface area contributed by atoms with Gasteiger partial charge in [-0.05, 0) is 13.0 Å². The number of hydrogen-bond acceptors (Lipinski definition) is 2. The van der Waals surface area contributed by atoms with Crippen molar-refractivity contribution in [2.45, 2.75) is 13.3 Å². The largest absolute Gasteiger partial charge is 0.495 e. The van der Waals surface area contributed by atoms with E-state index < -0.39 is 0 Å². The Balaban J connectivity index is 2.56.